The van der Waals surface area contributed by atoms with Gasteiger partial charge in [-0.05, 0) is 18.6 Å². The van der Waals surface area contributed by atoms with E-state index in [0.717, 1.165) is 0 Å². The van der Waals surface area contributed by atoms with Crippen LogP contribution in [0, 0.1) is 0 Å². The average Bonchev–Trinajstić information content (AvgIpc) is 2.37. The van der Waals surface area contributed by atoms with Crippen LogP contribution in [-0.2, 0) is 25.3 Å². The van der Waals surface area contributed by atoms with Crippen LogP contribution < -0.4 is 10.5 Å². The number of thiocarbonyl (C=S) groups is 1. The molecule has 0 fully saturated rings. The van der Waals surface area contributed by atoms with E-state index < -0.39 is 16.0 Å². The number of carbonyl (C=O) groups is 1. The quantitative estimate of drug-likeness (QED) is 0.555. The van der Waals surface area contributed by atoms with Crippen LogP contribution in [0.1, 0.15) is 18.1 Å². The first-order chi connectivity index (χ1) is 9.34. The lowest BCUT2D eigenvalue weighted by Gasteiger charge is -2.07. The Morgan fingerprint density at radius 1 is 1.45 bits per heavy atom. The van der Waals surface area contributed by atoms with E-state index >= 15 is 0 Å². The van der Waals surface area contributed by atoms with Crippen LogP contribution in [-0.4, -0.2) is 32.5 Å². The van der Waals surface area contributed by atoms with Crippen molar-refractivity contribution < 1.29 is 17.9 Å². The molecule has 0 bridgehead atoms. The number of ether oxygens (including phenoxy) is 1. The Morgan fingerprint density at radius 2 is 2.15 bits per heavy atom. The Bertz CT molecular complexity index is 599. The van der Waals surface area contributed by atoms with E-state index in [-0.39, 0.29) is 23.9 Å². The molecule has 20 heavy (non-hydrogen) atoms. The zero-order chi connectivity index (χ0) is 15.2. The maximum Gasteiger partial charge on any atom is 0.320 e. The van der Waals surface area contributed by atoms with Gasteiger partial charge in [-0.2, -0.15) is 0 Å². The van der Waals surface area contributed by atoms with Crippen molar-refractivity contribution in [3.05, 3.63) is 35.4 Å². The highest BCUT2D eigenvalue weighted by molar-refractivity contribution is 7.88. The van der Waals surface area contributed by atoms with E-state index in [0.29, 0.717) is 11.1 Å². The minimum Gasteiger partial charge on any atom is -0.465 e. The van der Waals surface area contributed by atoms with E-state index in [2.05, 4.69) is 9.46 Å². The number of hydrogen-bond acceptors (Lipinski definition) is 5. The van der Waals surface area contributed by atoms with Crippen molar-refractivity contribution in [3.63, 3.8) is 0 Å². The molecule has 1 aromatic rings. The molecule has 0 radical (unpaired) electrons. The summed E-state index contributed by atoms with van der Waals surface area (Å²) in [7, 11) is -3.63. The largest absolute Gasteiger partial charge is 0.465 e. The second kappa shape index (κ2) is 7.32. The molecule has 3 N–H and O–H groups in total. The highest BCUT2D eigenvalue weighted by atomic mass is 32.2. The second-order valence-electron chi connectivity index (χ2n) is 3.95. The van der Waals surface area contributed by atoms with Gasteiger partial charge in [0.15, 0.2) is 0 Å². The maximum absolute atomic E-state index is 11.8. The lowest BCUT2D eigenvalue weighted by molar-refractivity contribution is -0.141. The number of esters is 1. The molecule has 1 rings (SSSR count). The molecule has 0 saturated carbocycles. The summed E-state index contributed by atoms with van der Waals surface area (Å²) in [5.41, 5.74) is 6.61. The molecule has 110 valence electrons. The van der Waals surface area contributed by atoms with Crippen LogP contribution >= 0.6 is 12.2 Å². The van der Waals surface area contributed by atoms with E-state index in [1.807, 2.05) is 0 Å². The molecule has 0 aliphatic heterocycles. The monoisotopic (exact) mass is 316 g/mol. The first-order valence-electron chi connectivity index (χ1n) is 5.85. The molecule has 6 nitrogen and oxygen atoms in total. The number of sulfonamides is 1. The standard InChI is InChI=1S/C12H16N2O4S2/c1-2-18-11(15)7-14-20(16,17)8-9-4-3-5-10(6-9)12(13)19/h3-6,14H,2,7-8H2,1H3,(H2,13,19). The fraction of sp³-hybridized carbons (Fsp3) is 0.333. The van der Waals surface area contributed by atoms with Crippen LogP contribution in [0.4, 0.5) is 0 Å². The van der Waals surface area contributed by atoms with Crippen molar-refractivity contribution in [3.8, 4) is 0 Å². The van der Waals surface area contributed by atoms with Crippen molar-refractivity contribution >= 4 is 33.2 Å². The average molecular weight is 316 g/mol. The third-order valence-electron chi connectivity index (χ3n) is 2.31. The molecular formula is C12H16N2O4S2. The number of carbonyl (C=O) groups excluding carboxylic acids is 1. The predicted octanol–water partition coefficient (Wildman–Crippen LogP) is 0.303. The SMILES string of the molecule is CCOC(=O)CNS(=O)(=O)Cc1cccc(C(N)=S)c1. The van der Waals surface area contributed by atoms with Gasteiger partial charge in [0.1, 0.15) is 11.5 Å². The smallest absolute Gasteiger partial charge is 0.320 e. The molecule has 0 saturated heterocycles. The molecular weight excluding hydrogens is 300 g/mol. The summed E-state index contributed by atoms with van der Waals surface area (Å²) >= 11 is 4.83. The van der Waals surface area contributed by atoms with Crippen LogP contribution in [0.15, 0.2) is 24.3 Å². The summed E-state index contributed by atoms with van der Waals surface area (Å²) < 4.78 is 30.4. The Morgan fingerprint density at radius 3 is 2.75 bits per heavy atom. The van der Waals surface area contributed by atoms with E-state index in [4.69, 9.17) is 18.0 Å². The summed E-state index contributed by atoms with van der Waals surface area (Å²) in [5.74, 6) is -0.879. The number of rotatable bonds is 7. The molecule has 0 aliphatic carbocycles. The van der Waals surface area contributed by atoms with Crippen molar-refractivity contribution in [2.45, 2.75) is 12.7 Å². The van der Waals surface area contributed by atoms with Gasteiger partial charge in [0, 0.05) is 5.56 Å². The summed E-state index contributed by atoms with van der Waals surface area (Å²) in [4.78, 5) is 11.3. The molecule has 0 atom stereocenters. The van der Waals surface area contributed by atoms with Gasteiger partial charge in [0.05, 0.1) is 12.4 Å². The predicted molar refractivity (Wildman–Crippen MR) is 79.6 cm³/mol. The fourth-order valence-corrected chi connectivity index (χ4v) is 2.65. The normalized spacial score (nSPS) is 11.1. The molecule has 0 amide bonds. The highest BCUT2D eigenvalue weighted by Crippen LogP contribution is 2.08. The highest BCUT2D eigenvalue weighted by Gasteiger charge is 2.14. The van der Waals surface area contributed by atoms with Gasteiger partial charge in [-0.25, -0.2) is 13.1 Å². The third kappa shape index (κ3) is 5.64. The lowest BCUT2D eigenvalue weighted by atomic mass is 10.1. The zero-order valence-corrected chi connectivity index (χ0v) is 12.6. The molecule has 0 aliphatic rings. The minimum absolute atomic E-state index is 0.198. The molecule has 0 unspecified atom stereocenters. The van der Waals surface area contributed by atoms with E-state index in [1.165, 1.54) is 0 Å². The van der Waals surface area contributed by atoms with Gasteiger partial charge >= 0.3 is 5.97 Å². The van der Waals surface area contributed by atoms with Gasteiger partial charge in [-0.1, -0.05) is 30.4 Å². The summed E-state index contributed by atoms with van der Waals surface area (Å²) in [6.07, 6.45) is 0. The first kappa shape index (κ1) is 16.5. The Balaban J connectivity index is 2.69. The van der Waals surface area contributed by atoms with Crippen molar-refractivity contribution in [2.75, 3.05) is 13.2 Å². The Hall–Kier alpha value is -1.51. The van der Waals surface area contributed by atoms with Crippen LogP contribution in [0.25, 0.3) is 0 Å². The minimum atomic E-state index is -3.63. The van der Waals surface area contributed by atoms with Gasteiger partial charge < -0.3 is 10.5 Å². The molecule has 0 heterocycles. The molecule has 8 heteroatoms. The third-order valence-corrected chi connectivity index (χ3v) is 3.84. The van der Waals surface area contributed by atoms with Crippen molar-refractivity contribution in [1.29, 1.82) is 0 Å². The first-order valence-corrected chi connectivity index (χ1v) is 7.92. The van der Waals surface area contributed by atoms with E-state index in [9.17, 15) is 13.2 Å². The van der Waals surface area contributed by atoms with Crippen LogP contribution in [0.2, 0.25) is 0 Å². The number of nitrogens with one attached hydrogen (secondary N) is 1. The Labute approximate surface area is 123 Å². The molecule has 0 spiro atoms. The zero-order valence-electron chi connectivity index (χ0n) is 11.0. The van der Waals surface area contributed by atoms with E-state index in [1.54, 1.807) is 31.2 Å². The summed E-state index contributed by atoms with van der Waals surface area (Å²) in [6, 6.07) is 6.62. The van der Waals surface area contributed by atoms with Crippen molar-refractivity contribution in [2.24, 2.45) is 5.73 Å². The number of hydrogen-bond donors (Lipinski definition) is 2. The Kier molecular flexibility index (Phi) is 6.05. The molecule has 1 aromatic carbocycles. The topological polar surface area (TPSA) is 98.5 Å². The van der Waals surface area contributed by atoms with Gasteiger partial charge in [-0.3, -0.25) is 4.79 Å². The van der Waals surface area contributed by atoms with Gasteiger partial charge in [0.25, 0.3) is 0 Å². The van der Waals surface area contributed by atoms with Crippen molar-refractivity contribution in [1.82, 2.24) is 4.72 Å². The summed E-state index contributed by atoms with van der Waals surface area (Å²) in [6.45, 7) is 1.47. The fourth-order valence-electron chi connectivity index (χ4n) is 1.47. The summed E-state index contributed by atoms with van der Waals surface area (Å²) in [5, 5.41) is 0. The number of nitrogens with two attached hydrogens (primary N) is 1. The lowest BCUT2D eigenvalue weighted by Crippen LogP contribution is -2.31. The maximum atomic E-state index is 11.8. The van der Waals surface area contributed by atoms with Gasteiger partial charge in [0.2, 0.25) is 10.0 Å². The van der Waals surface area contributed by atoms with Gasteiger partial charge in [-0.15, -0.1) is 0 Å². The van der Waals surface area contributed by atoms with Crippen LogP contribution in [0.3, 0.4) is 0 Å². The number of benzene rings is 1. The second-order valence-corrected chi connectivity index (χ2v) is 6.20. The molecule has 0 aromatic heterocycles. The van der Waals surface area contributed by atoms with Crippen LogP contribution in [0.5, 0.6) is 0 Å².